The van der Waals surface area contributed by atoms with Crippen LogP contribution in [0.4, 0.5) is 24.7 Å². The number of rotatable bonds is 8. The number of anilines is 2. The van der Waals surface area contributed by atoms with Crippen molar-refractivity contribution < 1.29 is 46.1 Å². The number of methoxy groups -OCH3 is 1. The van der Waals surface area contributed by atoms with Crippen molar-refractivity contribution >= 4 is 33.5 Å². The van der Waals surface area contributed by atoms with Gasteiger partial charge in [0.1, 0.15) is 17.1 Å². The molecule has 4 rings (SSSR count). The molecule has 2 aliphatic rings. The number of benzene rings is 1. The predicted molar refractivity (Wildman–Crippen MR) is 139 cm³/mol. The minimum atomic E-state index is -5.08. The van der Waals surface area contributed by atoms with Crippen molar-refractivity contribution in [2.45, 2.75) is 36.8 Å². The van der Waals surface area contributed by atoms with Gasteiger partial charge in [-0.1, -0.05) is 0 Å². The normalized spacial score (nSPS) is 18.0. The van der Waals surface area contributed by atoms with Crippen LogP contribution in [0.1, 0.15) is 36.0 Å². The number of sulfonamides is 1. The number of alkyl halides is 3. The van der Waals surface area contributed by atoms with Crippen molar-refractivity contribution in [3.63, 3.8) is 0 Å². The molecule has 0 aliphatic carbocycles. The van der Waals surface area contributed by atoms with Gasteiger partial charge in [0.15, 0.2) is 0 Å². The fourth-order valence-corrected chi connectivity index (χ4v) is 5.66. The lowest BCUT2D eigenvalue weighted by atomic mass is 9.97. The molecule has 15 heteroatoms. The highest BCUT2D eigenvalue weighted by Gasteiger charge is 2.38. The van der Waals surface area contributed by atoms with Crippen LogP contribution in [0.2, 0.25) is 0 Å². The van der Waals surface area contributed by atoms with Gasteiger partial charge in [0.05, 0.1) is 23.9 Å². The Balaban J connectivity index is 0.000000559. The van der Waals surface area contributed by atoms with E-state index in [9.17, 15) is 31.5 Å². The van der Waals surface area contributed by atoms with Gasteiger partial charge in [0.25, 0.3) is 10.0 Å². The van der Waals surface area contributed by atoms with Crippen LogP contribution in [0.25, 0.3) is 0 Å². The maximum absolute atomic E-state index is 12.7. The summed E-state index contributed by atoms with van der Waals surface area (Å²) in [5.41, 5.74) is 0.101. The number of likely N-dealkylation sites (tertiary alicyclic amines) is 1. The van der Waals surface area contributed by atoms with Crippen molar-refractivity contribution in [3.05, 3.63) is 42.1 Å². The number of ether oxygens (including phenoxy) is 1. The number of hydrogen-bond donors (Lipinski definition) is 3. The second-order valence-corrected chi connectivity index (χ2v) is 11.1. The SMILES string of the molecule is COc1ccc(S(=O)(=O)Nc2cnc(N3CCCC(CN4CCCC4)C3)c(C(=O)O)c2)cc1.O=C(O)C(F)(F)F. The lowest BCUT2D eigenvalue weighted by molar-refractivity contribution is -0.192. The molecule has 11 nitrogen and oxygen atoms in total. The van der Waals surface area contributed by atoms with Crippen LogP contribution < -0.4 is 14.4 Å². The molecule has 1 aromatic heterocycles. The number of nitrogens with one attached hydrogen (secondary N) is 1. The first-order valence-electron chi connectivity index (χ1n) is 12.5. The van der Waals surface area contributed by atoms with Crippen molar-refractivity contribution in [2.75, 3.05) is 49.5 Å². The van der Waals surface area contributed by atoms with Gasteiger partial charge >= 0.3 is 18.1 Å². The first-order chi connectivity index (χ1) is 18.8. The number of carboxylic acid groups (broad SMARTS) is 2. The second kappa shape index (κ2) is 13.2. The summed E-state index contributed by atoms with van der Waals surface area (Å²) in [5.74, 6) is -2.50. The van der Waals surface area contributed by atoms with Crippen molar-refractivity contribution in [3.8, 4) is 5.75 Å². The third kappa shape index (κ3) is 8.45. The van der Waals surface area contributed by atoms with E-state index >= 15 is 0 Å². The highest BCUT2D eigenvalue weighted by atomic mass is 32.2. The van der Waals surface area contributed by atoms with Gasteiger partial charge in [-0.3, -0.25) is 4.72 Å². The minimum Gasteiger partial charge on any atom is -0.497 e. The second-order valence-electron chi connectivity index (χ2n) is 9.45. The number of pyridine rings is 1. The zero-order chi connectivity index (χ0) is 29.5. The van der Waals surface area contributed by atoms with Gasteiger partial charge in [-0.25, -0.2) is 23.0 Å². The Hall–Kier alpha value is -3.59. The van der Waals surface area contributed by atoms with E-state index < -0.39 is 28.1 Å². The van der Waals surface area contributed by atoms with Crippen molar-refractivity contribution in [1.82, 2.24) is 9.88 Å². The summed E-state index contributed by atoms with van der Waals surface area (Å²) in [5, 5.41) is 16.9. The lowest BCUT2D eigenvalue weighted by Gasteiger charge is -2.36. The summed E-state index contributed by atoms with van der Waals surface area (Å²) < 4.78 is 64.7. The molecule has 1 unspecified atom stereocenters. The zero-order valence-corrected chi connectivity index (χ0v) is 22.5. The number of aliphatic carboxylic acids is 1. The molecule has 3 N–H and O–H groups in total. The zero-order valence-electron chi connectivity index (χ0n) is 21.7. The third-order valence-electron chi connectivity index (χ3n) is 6.50. The summed E-state index contributed by atoms with van der Waals surface area (Å²) in [6.07, 6.45) is 0.886. The molecule has 40 heavy (non-hydrogen) atoms. The molecule has 2 aliphatic heterocycles. The average molecular weight is 589 g/mol. The van der Waals surface area contributed by atoms with Crippen LogP contribution in [0.15, 0.2) is 41.4 Å². The van der Waals surface area contributed by atoms with Gasteiger partial charge < -0.3 is 24.7 Å². The molecule has 1 atom stereocenters. The van der Waals surface area contributed by atoms with Crippen LogP contribution >= 0.6 is 0 Å². The van der Waals surface area contributed by atoms with E-state index in [0.29, 0.717) is 17.5 Å². The Labute approximate surface area is 229 Å². The van der Waals surface area contributed by atoms with Crippen LogP contribution in [0.3, 0.4) is 0 Å². The lowest BCUT2D eigenvalue weighted by Crippen LogP contribution is -2.41. The molecule has 2 saturated heterocycles. The van der Waals surface area contributed by atoms with Crippen LogP contribution in [0.5, 0.6) is 5.75 Å². The highest BCUT2D eigenvalue weighted by Crippen LogP contribution is 2.28. The molecular weight excluding hydrogens is 557 g/mol. The monoisotopic (exact) mass is 588 g/mol. The molecule has 0 amide bonds. The Bertz CT molecular complexity index is 1280. The molecule has 2 aromatic rings. The molecule has 220 valence electrons. The quantitative estimate of drug-likeness (QED) is 0.418. The molecule has 3 heterocycles. The smallest absolute Gasteiger partial charge is 0.490 e. The van der Waals surface area contributed by atoms with E-state index in [2.05, 4.69) is 14.6 Å². The topological polar surface area (TPSA) is 149 Å². The highest BCUT2D eigenvalue weighted by molar-refractivity contribution is 7.92. The minimum absolute atomic E-state index is 0.00764. The average Bonchev–Trinajstić information content (AvgIpc) is 3.41. The maximum Gasteiger partial charge on any atom is 0.490 e. The number of aromatic nitrogens is 1. The number of carboxylic acids is 2. The fraction of sp³-hybridized carbons (Fsp3) is 0.480. The molecule has 2 fully saturated rings. The number of aromatic carboxylic acids is 1. The van der Waals surface area contributed by atoms with Gasteiger partial charge in [0, 0.05) is 19.6 Å². The molecule has 0 saturated carbocycles. The number of piperidine rings is 1. The van der Waals surface area contributed by atoms with Gasteiger partial charge in [0.2, 0.25) is 0 Å². The van der Waals surface area contributed by atoms with E-state index in [1.54, 1.807) is 12.1 Å². The maximum atomic E-state index is 12.7. The molecule has 0 radical (unpaired) electrons. The molecule has 0 bridgehead atoms. The van der Waals surface area contributed by atoms with Crippen LogP contribution in [-0.2, 0) is 14.8 Å². The number of hydrogen-bond acceptors (Lipinski definition) is 8. The molecule has 1 aromatic carbocycles. The summed E-state index contributed by atoms with van der Waals surface area (Å²) >= 11 is 0. The van der Waals surface area contributed by atoms with Gasteiger partial charge in [-0.15, -0.1) is 0 Å². The standard InChI is InChI=1S/C23H30N4O5S.C2HF3O2/c1-32-19-6-8-20(9-7-19)33(30,31)25-18-13-21(23(28)29)22(24-14-18)27-12-4-5-17(16-27)15-26-10-2-3-11-26;3-2(4,5)1(6)7/h6-9,13-14,17,25H,2-5,10-12,15-16H2,1H3,(H,28,29);(H,6,7). The van der Waals surface area contributed by atoms with E-state index in [-0.39, 0.29) is 16.1 Å². The summed E-state index contributed by atoms with van der Waals surface area (Å²) in [6.45, 7) is 4.79. The van der Waals surface area contributed by atoms with E-state index in [1.165, 1.54) is 44.3 Å². The summed E-state index contributed by atoms with van der Waals surface area (Å²) in [6, 6.07) is 7.29. The number of halogens is 3. The Kier molecular flexibility index (Phi) is 10.2. The van der Waals surface area contributed by atoms with E-state index in [1.807, 2.05) is 4.90 Å². The van der Waals surface area contributed by atoms with Gasteiger partial charge in [-0.05, 0) is 75.0 Å². The number of carbonyl (C=O) groups is 2. The summed E-state index contributed by atoms with van der Waals surface area (Å²) in [7, 11) is -2.40. The van der Waals surface area contributed by atoms with Crippen molar-refractivity contribution in [2.24, 2.45) is 5.92 Å². The van der Waals surface area contributed by atoms with Crippen LogP contribution in [0, 0.1) is 5.92 Å². The summed E-state index contributed by atoms with van der Waals surface area (Å²) in [4.78, 5) is 29.8. The van der Waals surface area contributed by atoms with Crippen molar-refractivity contribution in [1.29, 1.82) is 0 Å². The van der Waals surface area contributed by atoms with Crippen LogP contribution in [-0.4, -0.2) is 86.5 Å². The van der Waals surface area contributed by atoms with E-state index in [4.69, 9.17) is 14.6 Å². The number of nitrogens with zero attached hydrogens (tertiary/aromatic N) is 3. The Morgan fingerprint density at radius 2 is 1.73 bits per heavy atom. The van der Waals surface area contributed by atoms with E-state index in [0.717, 1.165) is 45.6 Å². The molecule has 0 spiro atoms. The first kappa shape index (κ1) is 30.9. The Morgan fingerprint density at radius 1 is 1.10 bits per heavy atom. The molecular formula is C25H31F3N4O7S. The fourth-order valence-electron chi connectivity index (χ4n) is 4.63. The predicted octanol–water partition coefficient (Wildman–Crippen LogP) is 3.53. The Morgan fingerprint density at radius 3 is 2.27 bits per heavy atom. The largest absolute Gasteiger partial charge is 0.497 e. The van der Waals surface area contributed by atoms with Gasteiger partial charge in [-0.2, -0.15) is 13.2 Å². The first-order valence-corrected chi connectivity index (χ1v) is 14.0. The third-order valence-corrected chi connectivity index (χ3v) is 7.89.